The summed E-state index contributed by atoms with van der Waals surface area (Å²) < 4.78 is 17.6. The first-order valence-electron chi connectivity index (χ1n) is 22.8. The minimum absolute atomic E-state index is 0.00913. The van der Waals surface area contributed by atoms with Crippen LogP contribution in [0.1, 0.15) is 206 Å². The monoisotopic (exact) mass is 777 g/mol. The molecule has 1 fully saturated rings. The van der Waals surface area contributed by atoms with Crippen LogP contribution in [0.5, 0.6) is 0 Å². The average Bonchev–Trinajstić information content (AvgIpc) is 3.68. The van der Waals surface area contributed by atoms with Crippen molar-refractivity contribution in [1.82, 2.24) is 4.90 Å². The van der Waals surface area contributed by atoms with Crippen LogP contribution in [0.4, 0.5) is 0 Å². The fourth-order valence-electron chi connectivity index (χ4n) is 7.01. The van der Waals surface area contributed by atoms with E-state index in [9.17, 15) is 9.59 Å². The molecule has 7 nitrogen and oxygen atoms in total. The summed E-state index contributed by atoms with van der Waals surface area (Å²) in [5, 5.41) is 0. The molecule has 0 amide bonds. The summed E-state index contributed by atoms with van der Waals surface area (Å²) in [5.74, 6) is -0.684. The van der Waals surface area contributed by atoms with E-state index >= 15 is 0 Å². The van der Waals surface area contributed by atoms with E-state index in [1.165, 1.54) is 122 Å². The van der Waals surface area contributed by atoms with Gasteiger partial charge in [0.1, 0.15) is 4.99 Å². The second-order valence-corrected chi connectivity index (χ2v) is 16.1. The van der Waals surface area contributed by atoms with Gasteiger partial charge in [-0.3, -0.25) is 9.59 Å². The number of likely N-dealkylation sites (tertiary alicyclic amines) is 1. The summed E-state index contributed by atoms with van der Waals surface area (Å²) in [6, 6.07) is 0. The molecule has 1 saturated heterocycles. The van der Waals surface area contributed by atoms with E-state index < -0.39 is 12.2 Å². The van der Waals surface area contributed by atoms with Gasteiger partial charge in [0, 0.05) is 19.4 Å². The van der Waals surface area contributed by atoms with Crippen LogP contribution in [-0.4, -0.2) is 66.9 Å². The molecule has 54 heavy (non-hydrogen) atoms. The zero-order valence-electron chi connectivity index (χ0n) is 35.2. The Morgan fingerprint density at radius 1 is 0.593 bits per heavy atom. The molecule has 0 saturated carbocycles. The minimum Gasteiger partial charge on any atom is -0.455 e. The van der Waals surface area contributed by atoms with Gasteiger partial charge in [-0.25, -0.2) is 0 Å². The second-order valence-electron chi connectivity index (χ2n) is 15.6. The predicted octanol–water partition coefficient (Wildman–Crippen LogP) is 12.3. The molecule has 0 aromatic carbocycles. The van der Waals surface area contributed by atoms with Gasteiger partial charge in [-0.05, 0) is 90.1 Å². The molecule has 0 aromatic rings. The van der Waals surface area contributed by atoms with Crippen LogP contribution in [0.2, 0.25) is 0 Å². The van der Waals surface area contributed by atoms with Crippen LogP contribution in [0.3, 0.4) is 0 Å². The summed E-state index contributed by atoms with van der Waals surface area (Å²) in [7, 11) is 0. The van der Waals surface area contributed by atoms with Crippen LogP contribution >= 0.6 is 12.2 Å². The third-order valence-corrected chi connectivity index (χ3v) is 10.7. The van der Waals surface area contributed by atoms with Crippen LogP contribution in [0.15, 0.2) is 24.3 Å². The normalized spacial score (nSPS) is 14.6. The number of carbonyl (C=O) groups excluding carboxylic acids is 2. The molecule has 0 bridgehead atoms. The Balaban J connectivity index is 2.34. The van der Waals surface area contributed by atoms with Crippen molar-refractivity contribution in [3.63, 3.8) is 0 Å². The lowest BCUT2D eigenvalue weighted by Gasteiger charge is -2.26. The lowest BCUT2D eigenvalue weighted by atomic mass is 10.1. The number of nitrogens with zero attached hydrogens (tertiary/aromatic N) is 1. The predicted molar refractivity (Wildman–Crippen MR) is 232 cm³/mol. The highest BCUT2D eigenvalue weighted by Crippen LogP contribution is 2.16. The van der Waals surface area contributed by atoms with Crippen LogP contribution < -0.4 is 5.73 Å². The Kier molecular flexibility index (Phi) is 35.5. The van der Waals surface area contributed by atoms with Crippen molar-refractivity contribution in [2.45, 2.75) is 219 Å². The van der Waals surface area contributed by atoms with Gasteiger partial charge in [0.2, 0.25) is 0 Å². The molecule has 2 N–H and O–H groups in total. The van der Waals surface area contributed by atoms with Crippen LogP contribution in [0.25, 0.3) is 0 Å². The molecule has 0 radical (unpaired) electrons. The molecule has 1 rings (SSSR count). The van der Waals surface area contributed by atoms with E-state index in [1.807, 2.05) is 0 Å². The number of hydrogen-bond acceptors (Lipinski definition) is 7. The van der Waals surface area contributed by atoms with Gasteiger partial charge >= 0.3 is 11.9 Å². The van der Waals surface area contributed by atoms with E-state index in [4.69, 9.17) is 32.2 Å². The molecule has 1 aliphatic rings. The number of thiocarbonyl (C=S) groups is 1. The third-order valence-electron chi connectivity index (χ3n) is 10.5. The summed E-state index contributed by atoms with van der Waals surface area (Å²) in [5.41, 5.74) is 6.08. The van der Waals surface area contributed by atoms with Crippen molar-refractivity contribution >= 4 is 29.1 Å². The van der Waals surface area contributed by atoms with Gasteiger partial charge in [0.15, 0.2) is 12.2 Å². The molecule has 314 valence electrons. The van der Waals surface area contributed by atoms with Gasteiger partial charge in [-0.1, -0.05) is 153 Å². The number of nitrogens with two attached hydrogens (primary N) is 1. The van der Waals surface area contributed by atoms with Crippen molar-refractivity contribution in [3.05, 3.63) is 24.3 Å². The van der Waals surface area contributed by atoms with Gasteiger partial charge in [-0.2, -0.15) is 0 Å². The van der Waals surface area contributed by atoms with E-state index in [0.29, 0.717) is 19.4 Å². The Labute approximate surface area is 338 Å². The van der Waals surface area contributed by atoms with Crippen LogP contribution in [-0.2, 0) is 23.8 Å². The molecule has 2 atom stereocenters. The minimum atomic E-state index is -1.000. The first kappa shape index (κ1) is 50.2. The maximum absolute atomic E-state index is 12.9. The molecule has 0 spiro atoms. The lowest BCUT2D eigenvalue weighted by molar-refractivity contribution is -0.167. The number of allylic oxidation sites excluding steroid dienone is 4. The third kappa shape index (κ3) is 31.4. The highest BCUT2D eigenvalue weighted by Gasteiger charge is 2.31. The number of rotatable bonds is 39. The smallest absolute Gasteiger partial charge is 0.306 e. The number of hydrogen-bond donors (Lipinski definition) is 1. The standard InChI is InChI=1S/C46H84N2O5S/c1-3-5-7-9-11-13-15-17-19-21-23-25-27-29-31-35-43(49)52-42(41-51-40-39-48-37-33-34-38-48)45(46(47)54)53-44(50)36-32-30-28-26-24-22-20-18-16-14-12-10-8-6-4-2/h17-20,42,45H,3-16,21-41H2,1-2H3,(H2,47,54)/b19-17-,20-18-. The molecule has 8 heteroatoms. The number of carbonyl (C=O) groups is 2. The van der Waals surface area contributed by atoms with E-state index in [1.54, 1.807) is 0 Å². The first-order valence-corrected chi connectivity index (χ1v) is 23.2. The maximum atomic E-state index is 12.9. The molecule has 2 unspecified atom stereocenters. The Morgan fingerprint density at radius 2 is 0.981 bits per heavy atom. The number of ether oxygens (including phenoxy) is 3. The van der Waals surface area contributed by atoms with Crippen molar-refractivity contribution in [2.75, 3.05) is 32.8 Å². The highest BCUT2D eigenvalue weighted by molar-refractivity contribution is 7.80. The SMILES string of the molecule is CCCCCCCC/C=C\CCCCCCCC(=O)OC(COCCN1CCCC1)C(OC(=O)CCCCCCC/C=C\CCCCCCCC)C(N)=S. The van der Waals surface area contributed by atoms with Crippen molar-refractivity contribution < 1.29 is 23.8 Å². The molecule has 0 aliphatic carbocycles. The average molecular weight is 777 g/mol. The van der Waals surface area contributed by atoms with Gasteiger partial charge in [0.05, 0.1) is 13.2 Å². The Morgan fingerprint density at radius 3 is 1.41 bits per heavy atom. The topological polar surface area (TPSA) is 91.1 Å². The van der Waals surface area contributed by atoms with E-state index in [-0.39, 0.29) is 23.5 Å². The first-order chi connectivity index (χ1) is 26.5. The van der Waals surface area contributed by atoms with Crippen LogP contribution in [0, 0.1) is 0 Å². The molecular formula is C46H84N2O5S. The molecular weight excluding hydrogens is 693 g/mol. The van der Waals surface area contributed by atoms with E-state index in [2.05, 4.69) is 43.1 Å². The molecule has 1 heterocycles. The fraction of sp³-hybridized carbons (Fsp3) is 0.848. The Hall–Kier alpha value is -1.77. The van der Waals surface area contributed by atoms with Crippen molar-refractivity contribution in [1.29, 1.82) is 0 Å². The maximum Gasteiger partial charge on any atom is 0.306 e. The number of esters is 2. The quantitative estimate of drug-likeness (QED) is 0.0286. The molecule has 0 aromatic heterocycles. The second kappa shape index (κ2) is 38.1. The molecule has 1 aliphatic heterocycles. The van der Waals surface area contributed by atoms with Gasteiger partial charge < -0.3 is 24.8 Å². The van der Waals surface area contributed by atoms with Crippen molar-refractivity contribution in [3.8, 4) is 0 Å². The largest absolute Gasteiger partial charge is 0.455 e. The zero-order chi connectivity index (χ0) is 39.2. The summed E-state index contributed by atoms with van der Waals surface area (Å²) in [6.45, 7) is 8.12. The van der Waals surface area contributed by atoms with E-state index in [0.717, 1.165) is 77.4 Å². The number of unbranched alkanes of at least 4 members (excludes halogenated alkanes) is 22. The lowest BCUT2D eigenvalue weighted by Crippen LogP contribution is -2.46. The summed E-state index contributed by atoms with van der Waals surface area (Å²) in [6.07, 6.45) is 41.7. The van der Waals surface area contributed by atoms with Gasteiger partial charge in [-0.15, -0.1) is 0 Å². The van der Waals surface area contributed by atoms with Crippen molar-refractivity contribution in [2.24, 2.45) is 5.73 Å². The zero-order valence-corrected chi connectivity index (χ0v) is 36.0. The summed E-state index contributed by atoms with van der Waals surface area (Å²) in [4.78, 5) is 28.2. The highest BCUT2D eigenvalue weighted by atomic mass is 32.1. The fourth-order valence-corrected chi connectivity index (χ4v) is 7.21. The summed E-state index contributed by atoms with van der Waals surface area (Å²) >= 11 is 5.32. The van der Waals surface area contributed by atoms with Gasteiger partial charge in [0.25, 0.3) is 0 Å². The Bertz CT molecular complexity index is 951.